The average molecular weight is 383 g/mol. The Morgan fingerprint density at radius 1 is 1.32 bits per heavy atom. The molecule has 1 aliphatic carbocycles. The van der Waals surface area contributed by atoms with Gasteiger partial charge in [-0.15, -0.1) is 0 Å². The number of amides is 1. The fraction of sp³-hybridized carbons (Fsp3) is 0.545. The zero-order valence-corrected chi connectivity index (χ0v) is 16.6. The Morgan fingerprint density at radius 3 is 2.79 bits per heavy atom. The van der Waals surface area contributed by atoms with Crippen molar-refractivity contribution in [3.63, 3.8) is 0 Å². The molecule has 0 saturated carbocycles. The molecule has 6 nitrogen and oxygen atoms in total. The molecule has 1 aromatic carbocycles. The van der Waals surface area contributed by atoms with Gasteiger partial charge in [0.1, 0.15) is 5.69 Å². The molecule has 2 aliphatic rings. The standard InChI is InChI=1S/C22H30N4O2/c1-28-10-9-26(22(27)21-13-23-16-24-21)15-17-5-4-8-25(14-17)20-11-18-6-2-3-7-19(18)12-20/h2-3,6-7,13,16-17,20H,4-5,8-12,14-15H2,1H3,(H,23,24)/t17-/m1/s1. The predicted octanol–water partition coefficient (Wildman–Crippen LogP) is 2.38. The van der Waals surface area contributed by atoms with Gasteiger partial charge in [0.25, 0.3) is 5.91 Å². The van der Waals surface area contributed by atoms with Crippen molar-refractivity contribution >= 4 is 5.91 Å². The Kier molecular flexibility index (Phi) is 6.07. The topological polar surface area (TPSA) is 61.5 Å². The maximum absolute atomic E-state index is 12.9. The lowest BCUT2D eigenvalue weighted by molar-refractivity contribution is 0.0569. The average Bonchev–Trinajstić information content (AvgIpc) is 3.40. The summed E-state index contributed by atoms with van der Waals surface area (Å²) in [4.78, 5) is 24.4. The number of methoxy groups -OCH3 is 1. The maximum Gasteiger partial charge on any atom is 0.272 e. The number of rotatable bonds is 7. The molecule has 0 bridgehead atoms. The van der Waals surface area contributed by atoms with Crippen LogP contribution in [0.3, 0.4) is 0 Å². The number of carbonyl (C=O) groups is 1. The lowest BCUT2D eigenvalue weighted by atomic mass is 9.95. The van der Waals surface area contributed by atoms with Crippen LogP contribution < -0.4 is 0 Å². The molecule has 0 spiro atoms. The summed E-state index contributed by atoms with van der Waals surface area (Å²) < 4.78 is 5.24. The summed E-state index contributed by atoms with van der Waals surface area (Å²) in [5.41, 5.74) is 3.56. The van der Waals surface area contributed by atoms with Gasteiger partial charge in [-0.1, -0.05) is 24.3 Å². The minimum atomic E-state index is 0.0138. The molecule has 1 saturated heterocycles. The summed E-state index contributed by atoms with van der Waals surface area (Å²) in [5.74, 6) is 0.515. The molecule has 2 heterocycles. The molecule has 1 fully saturated rings. The van der Waals surface area contributed by atoms with Gasteiger partial charge >= 0.3 is 0 Å². The molecule has 1 aromatic heterocycles. The first-order valence-electron chi connectivity index (χ1n) is 10.3. The highest BCUT2D eigenvalue weighted by atomic mass is 16.5. The Bertz CT molecular complexity index is 752. The molecule has 2 aromatic rings. The number of carbonyl (C=O) groups excluding carboxylic acids is 1. The first-order chi connectivity index (χ1) is 13.7. The van der Waals surface area contributed by atoms with Crippen molar-refractivity contribution in [3.8, 4) is 0 Å². The number of piperidine rings is 1. The summed E-state index contributed by atoms with van der Waals surface area (Å²) in [7, 11) is 1.68. The number of aromatic amines is 1. The Balaban J connectivity index is 1.38. The van der Waals surface area contributed by atoms with Crippen LogP contribution >= 0.6 is 0 Å². The molecule has 1 amide bonds. The third-order valence-corrected chi connectivity index (χ3v) is 6.16. The summed E-state index contributed by atoms with van der Waals surface area (Å²) in [5, 5.41) is 0. The largest absolute Gasteiger partial charge is 0.383 e. The third-order valence-electron chi connectivity index (χ3n) is 6.16. The van der Waals surface area contributed by atoms with E-state index in [1.807, 2.05) is 4.90 Å². The fourth-order valence-electron chi connectivity index (χ4n) is 4.70. The zero-order valence-electron chi connectivity index (χ0n) is 16.6. The van der Waals surface area contributed by atoms with E-state index >= 15 is 0 Å². The molecular weight excluding hydrogens is 352 g/mol. The Labute approximate surface area is 166 Å². The number of nitrogens with one attached hydrogen (secondary N) is 1. The smallest absolute Gasteiger partial charge is 0.272 e. The van der Waals surface area contributed by atoms with Gasteiger partial charge in [-0.3, -0.25) is 9.69 Å². The van der Waals surface area contributed by atoms with E-state index < -0.39 is 0 Å². The van der Waals surface area contributed by atoms with E-state index in [-0.39, 0.29) is 5.91 Å². The Hall–Kier alpha value is -2.18. The normalized spacial score (nSPS) is 20.2. The first-order valence-corrected chi connectivity index (χ1v) is 10.3. The molecule has 150 valence electrons. The van der Waals surface area contributed by atoms with Crippen LogP contribution in [0.15, 0.2) is 36.8 Å². The van der Waals surface area contributed by atoms with Gasteiger partial charge in [-0.05, 0) is 49.3 Å². The number of nitrogens with zero attached hydrogens (tertiary/aromatic N) is 3. The second-order valence-electron chi connectivity index (χ2n) is 8.04. The number of benzene rings is 1. The highest BCUT2D eigenvalue weighted by Gasteiger charge is 2.31. The fourth-order valence-corrected chi connectivity index (χ4v) is 4.70. The van der Waals surface area contributed by atoms with Crippen molar-refractivity contribution in [1.82, 2.24) is 19.8 Å². The van der Waals surface area contributed by atoms with Crippen LogP contribution in [0, 0.1) is 5.92 Å². The van der Waals surface area contributed by atoms with E-state index in [9.17, 15) is 4.79 Å². The van der Waals surface area contributed by atoms with E-state index in [0.29, 0.717) is 30.8 Å². The van der Waals surface area contributed by atoms with Gasteiger partial charge in [-0.25, -0.2) is 4.98 Å². The lowest BCUT2D eigenvalue weighted by Crippen LogP contribution is -2.47. The minimum Gasteiger partial charge on any atom is -0.383 e. The van der Waals surface area contributed by atoms with Gasteiger partial charge < -0.3 is 14.6 Å². The van der Waals surface area contributed by atoms with Gasteiger partial charge in [0.2, 0.25) is 0 Å². The van der Waals surface area contributed by atoms with E-state index in [0.717, 1.165) is 25.9 Å². The predicted molar refractivity (Wildman–Crippen MR) is 108 cm³/mol. The van der Waals surface area contributed by atoms with Crippen molar-refractivity contribution in [1.29, 1.82) is 0 Å². The second kappa shape index (κ2) is 8.88. The molecule has 4 rings (SSSR count). The highest BCUT2D eigenvalue weighted by Crippen LogP contribution is 2.29. The molecule has 1 atom stereocenters. The maximum atomic E-state index is 12.9. The van der Waals surface area contributed by atoms with Crippen molar-refractivity contribution < 1.29 is 9.53 Å². The van der Waals surface area contributed by atoms with Gasteiger partial charge in [0.15, 0.2) is 0 Å². The quantitative estimate of drug-likeness (QED) is 0.799. The highest BCUT2D eigenvalue weighted by molar-refractivity contribution is 5.92. The van der Waals surface area contributed by atoms with Crippen LogP contribution in [0.1, 0.15) is 34.5 Å². The van der Waals surface area contributed by atoms with Crippen molar-refractivity contribution in [2.75, 3.05) is 39.9 Å². The van der Waals surface area contributed by atoms with Crippen LogP contribution in [0.5, 0.6) is 0 Å². The lowest BCUT2D eigenvalue weighted by Gasteiger charge is -2.38. The van der Waals surface area contributed by atoms with Crippen molar-refractivity contribution in [2.45, 2.75) is 31.7 Å². The zero-order chi connectivity index (χ0) is 19.3. The number of likely N-dealkylation sites (tertiary alicyclic amines) is 1. The van der Waals surface area contributed by atoms with Crippen LogP contribution in [-0.4, -0.2) is 71.6 Å². The SMILES string of the molecule is COCCN(C[C@@H]1CCCN(C2Cc3ccccc3C2)C1)C(=O)c1cnc[nH]1. The van der Waals surface area contributed by atoms with Crippen LogP contribution in [0.25, 0.3) is 0 Å². The van der Waals surface area contributed by atoms with Crippen molar-refractivity contribution in [3.05, 3.63) is 53.6 Å². The molecular formula is C22H30N4O2. The van der Waals surface area contributed by atoms with E-state index in [2.05, 4.69) is 39.1 Å². The number of H-pyrrole nitrogens is 1. The van der Waals surface area contributed by atoms with Crippen LogP contribution in [0.4, 0.5) is 0 Å². The second-order valence-corrected chi connectivity index (χ2v) is 8.04. The summed E-state index contributed by atoms with van der Waals surface area (Å²) >= 11 is 0. The molecule has 6 heteroatoms. The van der Waals surface area contributed by atoms with Gasteiger partial charge in [0, 0.05) is 32.8 Å². The van der Waals surface area contributed by atoms with E-state index in [1.54, 1.807) is 19.6 Å². The number of hydrogen-bond donors (Lipinski definition) is 1. The molecule has 1 N–H and O–H groups in total. The molecule has 0 radical (unpaired) electrons. The van der Waals surface area contributed by atoms with Crippen LogP contribution in [0.2, 0.25) is 0 Å². The third kappa shape index (κ3) is 4.28. The molecule has 28 heavy (non-hydrogen) atoms. The van der Waals surface area contributed by atoms with Gasteiger partial charge in [-0.2, -0.15) is 0 Å². The van der Waals surface area contributed by atoms with Crippen molar-refractivity contribution in [2.24, 2.45) is 5.92 Å². The number of ether oxygens (including phenoxy) is 1. The van der Waals surface area contributed by atoms with Gasteiger partial charge in [0.05, 0.1) is 19.1 Å². The monoisotopic (exact) mass is 382 g/mol. The van der Waals surface area contributed by atoms with Crippen LogP contribution in [-0.2, 0) is 17.6 Å². The molecule has 0 unspecified atom stereocenters. The number of fused-ring (bicyclic) bond motifs is 1. The minimum absolute atomic E-state index is 0.0138. The summed E-state index contributed by atoms with van der Waals surface area (Å²) in [6.45, 7) is 4.17. The number of aromatic nitrogens is 2. The number of hydrogen-bond acceptors (Lipinski definition) is 4. The molecule has 1 aliphatic heterocycles. The van der Waals surface area contributed by atoms with E-state index in [4.69, 9.17) is 4.74 Å². The number of imidazole rings is 1. The Morgan fingerprint density at radius 2 is 2.11 bits per heavy atom. The summed E-state index contributed by atoms with van der Waals surface area (Å²) in [6.07, 6.45) is 7.85. The summed E-state index contributed by atoms with van der Waals surface area (Å²) in [6, 6.07) is 9.44. The van der Waals surface area contributed by atoms with E-state index in [1.165, 1.54) is 30.5 Å². The first kappa shape index (κ1) is 19.2.